The first-order chi connectivity index (χ1) is 19.8. The molecule has 0 aromatic carbocycles. The molecular weight excluding hydrogens is 572 g/mol. The number of rotatable bonds is 35. The smallest absolute Gasteiger partial charge is 0.0622 e. The maximum absolute atomic E-state index is 6.14. The summed E-state index contributed by atoms with van der Waals surface area (Å²) in [7, 11) is 2.22. The summed E-state index contributed by atoms with van der Waals surface area (Å²) >= 11 is 0. The van der Waals surface area contributed by atoms with Crippen LogP contribution in [0, 0.1) is 0 Å². The molecule has 41 heavy (non-hydrogen) atoms. The molecule has 0 fully saturated rings. The third-order valence-electron chi connectivity index (χ3n) is 8.53. The lowest BCUT2D eigenvalue weighted by molar-refractivity contribution is 0.0424. The van der Waals surface area contributed by atoms with E-state index in [-0.39, 0.29) is 17.0 Å². The molecule has 0 aliphatic rings. The number of nitrogens with two attached hydrogens (primary N) is 1. The quantitative estimate of drug-likeness (QED) is 0.0694. The molecule has 0 amide bonds. The summed E-state index contributed by atoms with van der Waals surface area (Å²) in [4.78, 5) is 2.43. The minimum atomic E-state index is 0. The average Bonchev–Trinajstić information content (AvgIpc) is 2.96. The minimum absolute atomic E-state index is 0. The van der Waals surface area contributed by atoms with Crippen LogP contribution >= 0.6 is 17.0 Å². The highest BCUT2D eigenvalue weighted by atomic mass is 79.9. The van der Waals surface area contributed by atoms with Gasteiger partial charge in [-0.1, -0.05) is 155 Å². The number of hydrogen-bond acceptors (Lipinski definition) is 4. The van der Waals surface area contributed by atoms with Gasteiger partial charge in [0.2, 0.25) is 0 Å². The summed E-state index contributed by atoms with van der Waals surface area (Å²) in [5.41, 5.74) is 5.76. The standard InChI is InChI=1S/C36H76N2O2.BrH/c1-4-6-8-10-12-14-16-18-20-22-24-26-32-39-34-29-36(38(3)31-28-30-37)35-40-33-27-25-23-21-19-17-15-13-11-9-7-5-2;/h36H,4-35,37H2,1-3H3;1H. The molecule has 4 nitrogen and oxygen atoms in total. The third-order valence-corrected chi connectivity index (χ3v) is 8.53. The van der Waals surface area contributed by atoms with Crippen molar-refractivity contribution in [2.75, 3.05) is 46.6 Å². The van der Waals surface area contributed by atoms with Gasteiger partial charge >= 0.3 is 0 Å². The Hall–Kier alpha value is 0.320. The van der Waals surface area contributed by atoms with E-state index in [0.29, 0.717) is 6.04 Å². The summed E-state index contributed by atoms with van der Waals surface area (Å²) < 4.78 is 12.2. The molecule has 0 heterocycles. The molecule has 2 N–H and O–H groups in total. The van der Waals surface area contributed by atoms with Crippen molar-refractivity contribution in [2.24, 2.45) is 5.73 Å². The van der Waals surface area contributed by atoms with Crippen LogP contribution in [0.15, 0.2) is 0 Å². The molecule has 0 saturated carbocycles. The largest absolute Gasteiger partial charge is 0.381 e. The average molecular weight is 650 g/mol. The van der Waals surface area contributed by atoms with Gasteiger partial charge in [-0.3, -0.25) is 0 Å². The van der Waals surface area contributed by atoms with E-state index < -0.39 is 0 Å². The van der Waals surface area contributed by atoms with Crippen LogP contribution < -0.4 is 5.73 Å². The molecule has 1 unspecified atom stereocenters. The number of likely N-dealkylation sites (N-methyl/N-ethyl adjacent to an activating group) is 1. The number of hydrogen-bond donors (Lipinski definition) is 1. The molecular formula is C36H77BrN2O2. The number of nitrogens with zero attached hydrogens (tertiary/aromatic N) is 1. The Labute approximate surface area is 269 Å². The van der Waals surface area contributed by atoms with Gasteiger partial charge in [-0.05, 0) is 45.8 Å². The first-order valence-electron chi connectivity index (χ1n) is 18.3. The molecule has 0 aliphatic carbocycles. The summed E-state index contributed by atoms with van der Waals surface area (Å²) in [5.74, 6) is 0. The summed E-state index contributed by atoms with van der Waals surface area (Å²) in [5, 5.41) is 0. The van der Waals surface area contributed by atoms with E-state index in [1.165, 1.54) is 154 Å². The topological polar surface area (TPSA) is 47.7 Å². The van der Waals surface area contributed by atoms with Gasteiger partial charge in [0.25, 0.3) is 0 Å². The Morgan fingerprint density at radius 2 is 0.854 bits per heavy atom. The molecule has 0 aliphatic heterocycles. The second-order valence-electron chi connectivity index (χ2n) is 12.5. The predicted octanol–water partition coefficient (Wildman–Crippen LogP) is 11.0. The molecule has 0 aromatic rings. The second-order valence-corrected chi connectivity index (χ2v) is 12.5. The van der Waals surface area contributed by atoms with Gasteiger partial charge in [-0.25, -0.2) is 0 Å². The highest BCUT2D eigenvalue weighted by Crippen LogP contribution is 2.14. The number of unbranched alkanes of at least 4 members (excludes halogenated alkanes) is 22. The van der Waals surface area contributed by atoms with Gasteiger partial charge in [0.15, 0.2) is 0 Å². The van der Waals surface area contributed by atoms with Crippen molar-refractivity contribution < 1.29 is 9.47 Å². The molecule has 5 heteroatoms. The van der Waals surface area contributed by atoms with Crippen molar-refractivity contribution >= 4 is 17.0 Å². The highest BCUT2D eigenvalue weighted by molar-refractivity contribution is 8.93. The number of halogens is 1. The first-order valence-corrected chi connectivity index (χ1v) is 18.3. The third kappa shape index (κ3) is 34.7. The lowest BCUT2D eigenvalue weighted by Crippen LogP contribution is -2.38. The lowest BCUT2D eigenvalue weighted by atomic mass is 10.1. The highest BCUT2D eigenvalue weighted by Gasteiger charge is 2.14. The van der Waals surface area contributed by atoms with E-state index in [1.54, 1.807) is 0 Å². The lowest BCUT2D eigenvalue weighted by Gasteiger charge is -2.28. The van der Waals surface area contributed by atoms with Crippen LogP contribution in [0.3, 0.4) is 0 Å². The monoisotopic (exact) mass is 649 g/mol. The van der Waals surface area contributed by atoms with Crippen LogP contribution in [-0.2, 0) is 9.47 Å². The summed E-state index contributed by atoms with van der Waals surface area (Å²) in [6.07, 6.45) is 35.5. The van der Waals surface area contributed by atoms with Crippen LogP contribution in [0.5, 0.6) is 0 Å². The zero-order valence-corrected chi connectivity index (χ0v) is 30.2. The van der Waals surface area contributed by atoms with E-state index in [0.717, 1.165) is 52.4 Å². The van der Waals surface area contributed by atoms with E-state index in [1.807, 2.05) is 0 Å². The van der Waals surface area contributed by atoms with E-state index in [2.05, 4.69) is 25.8 Å². The van der Waals surface area contributed by atoms with Crippen LogP contribution in [0.25, 0.3) is 0 Å². The second kappa shape index (κ2) is 38.3. The number of ether oxygens (including phenoxy) is 2. The van der Waals surface area contributed by atoms with Crippen LogP contribution in [0.2, 0.25) is 0 Å². The maximum Gasteiger partial charge on any atom is 0.0622 e. The fraction of sp³-hybridized carbons (Fsp3) is 1.00. The molecule has 1 atom stereocenters. The normalized spacial score (nSPS) is 12.2. The van der Waals surface area contributed by atoms with Crippen molar-refractivity contribution in [2.45, 2.75) is 187 Å². The minimum Gasteiger partial charge on any atom is -0.381 e. The first kappa shape index (κ1) is 43.4. The van der Waals surface area contributed by atoms with Crippen LogP contribution in [0.4, 0.5) is 0 Å². The van der Waals surface area contributed by atoms with Gasteiger partial charge in [-0.15, -0.1) is 17.0 Å². The summed E-state index contributed by atoms with van der Waals surface area (Å²) in [6, 6.07) is 0.436. The van der Waals surface area contributed by atoms with Crippen molar-refractivity contribution in [3.8, 4) is 0 Å². The predicted molar refractivity (Wildman–Crippen MR) is 189 cm³/mol. The van der Waals surface area contributed by atoms with Crippen molar-refractivity contribution in [1.82, 2.24) is 4.90 Å². The Kier molecular flexibility index (Phi) is 40.6. The van der Waals surface area contributed by atoms with E-state index >= 15 is 0 Å². The zero-order valence-electron chi connectivity index (χ0n) is 28.5. The van der Waals surface area contributed by atoms with Crippen molar-refractivity contribution in [3.05, 3.63) is 0 Å². The Morgan fingerprint density at radius 1 is 0.488 bits per heavy atom. The fourth-order valence-corrected chi connectivity index (χ4v) is 5.59. The van der Waals surface area contributed by atoms with Crippen molar-refractivity contribution in [3.63, 3.8) is 0 Å². The van der Waals surface area contributed by atoms with Crippen LogP contribution in [0.1, 0.15) is 181 Å². The van der Waals surface area contributed by atoms with Gasteiger partial charge in [0, 0.05) is 25.9 Å². The molecule has 0 aromatic heterocycles. The Balaban J connectivity index is 0. The van der Waals surface area contributed by atoms with E-state index in [9.17, 15) is 0 Å². The molecule has 0 spiro atoms. The Morgan fingerprint density at radius 3 is 1.24 bits per heavy atom. The SMILES string of the molecule is Br.CCCCCCCCCCCCCCOCCC(COCCCCCCCCCCCCCC)N(C)CCCN. The van der Waals surface area contributed by atoms with Crippen molar-refractivity contribution in [1.29, 1.82) is 0 Å². The van der Waals surface area contributed by atoms with E-state index in [4.69, 9.17) is 15.2 Å². The van der Waals surface area contributed by atoms with Gasteiger partial charge in [0.1, 0.15) is 0 Å². The molecule has 0 radical (unpaired) electrons. The molecule has 250 valence electrons. The zero-order chi connectivity index (χ0) is 29.2. The molecule has 0 bridgehead atoms. The Bertz CT molecular complexity index is 455. The van der Waals surface area contributed by atoms with Crippen LogP contribution in [-0.4, -0.2) is 57.5 Å². The summed E-state index contributed by atoms with van der Waals surface area (Å²) in [6.45, 7) is 9.87. The van der Waals surface area contributed by atoms with Gasteiger partial charge in [0.05, 0.1) is 6.61 Å². The molecule has 0 saturated heterocycles. The van der Waals surface area contributed by atoms with Gasteiger partial charge in [-0.2, -0.15) is 0 Å². The maximum atomic E-state index is 6.14. The van der Waals surface area contributed by atoms with Gasteiger partial charge < -0.3 is 20.1 Å². The molecule has 0 rings (SSSR count). The fourth-order valence-electron chi connectivity index (χ4n) is 5.59.